The van der Waals surface area contributed by atoms with Crippen molar-refractivity contribution < 1.29 is 4.39 Å². The first-order valence-electron chi connectivity index (χ1n) is 7.92. The SMILES string of the molecule is Cn1nnc2c(N[C@@H]3CC=C(c4ccc(F)cc4)CC3)ncnc21. The highest BCUT2D eigenvalue weighted by atomic mass is 19.1. The first-order chi connectivity index (χ1) is 11.7. The maximum Gasteiger partial charge on any atom is 0.183 e. The fraction of sp³-hybridized carbons (Fsp3) is 0.294. The molecule has 1 aromatic carbocycles. The molecule has 0 radical (unpaired) electrons. The molecule has 2 aromatic heterocycles. The Hall–Kier alpha value is -2.83. The Morgan fingerprint density at radius 3 is 2.79 bits per heavy atom. The second-order valence-electron chi connectivity index (χ2n) is 5.96. The van der Waals surface area contributed by atoms with E-state index in [0.717, 1.165) is 30.6 Å². The van der Waals surface area contributed by atoms with Gasteiger partial charge in [0.15, 0.2) is 17.0 Å². The van der Waals surface area contributed by atoms with Gasteiger partial charge in [-0.3, -0.25) is 0 Å². The van der Waals surface area contributed by atoms with E-state index in [-0.39, 0.29) is 11.9 Å². The van der Waals surface area contributed by atoms with Crippen LogP contribution in [0.3, 0.4) is 0 Å². The minimum Gasteiger partial charge on any atom is -0.365 e. The van der Waals surface area contributed by atoms with Gasteiger partial charge < -0.3 is 5.32 Å². The molecular formula is C17H17FN6. The summed E-state index contributed by atoms with van der Waals surface area (Å²) in [5.74, 6) is 0.517. The number of anilines is 1. The van der Waals surface area contributed by atoms with Crippen LogP contribution in [0, 0.1) is 5.82 Å². The third-order valence-electron chi connectivity index (χ3n) is 4.36. The Bertz CT molecular complexity index is 899. The average molecular weight is 324 g/mol. The molecule has 24 heavy (non-hydrogen) atoms. The summed E-state index contributed by atoms with van der Waals surface area (Å²) in [6, 6.07) is 6.97. The molecule has 122 valence electrons. The number of aryl methyl sites for hydroxylation is 1. The predicted octanol–water partition coefficient (Wildman–Crippen LogP) is 2.95. The van der Waals surface area contributed by atoms with E-state index in [4.69, 9.17) is 0 Å². The van der Waals surface area contributed by atoms with E-state index in [2.05, 4.69) is 31.7 Å². The molecule has 1 aliphatic rings. The number of rotatable bonds is 3. The van der Waals surface area contributed by atoms with Crippen molar-refractivity contribution in [3.05, 3.63) is 48.0 Å². The van der Waals surface area contributed by atoms with Gasteiger partial charge in [0.05, 0.1) is 0 Å². The Labute approximate surface area is 138 Å². The molecular weight excluding hydrogens is 307 g/mol. The highest BCUT2D eigenvalue weighted by Gasteiger charge is 2.18. The van der Waals surface area contributed by atoms with Crippen molar-refractivity contribution >= 4 is 22.6 Å². The molecule has 0 saturated carbocycles. The van der Waals surface area contributed by atoms with Crippen LogP contribution < -0.4 is 5.32 Å². The number of nitrogens with one attached hydrogen (secondary N) is 1. The van der Waals surface area contributed by atoms with Crippen LogP contribution in [0.5, 0.6) is 0 Å². The molecule has 1 aliphatic carbocycles. The van der Waals surface area contributed by atoms with Crippen molar-refractivity contribution in [3.8, 4) is 0 Å². The second-order valence-corrected chi connectivity index (χ2v) is 5.96. The molecule has 0 spiro atoms. The predicted molar refractivity (Wildman–Crippen MR) is 89.7 cm³/mol. The van der Waals surface area contributed by atoms with E-state index in [1.54, 1.807) is 4.68 Å². The molecule has 0 amide bonds. The van der Waals surface area contributed by atoms with Crippen molar-refractivity contribution in [1.29, 1.82) is 0 Å². The molecule has 1 atom stereocenters. The molecule has 3 aromatic rings. The number of benzene rings is 1. The van der Waals surface area contributed by atoms with Crippen molar-refractivity contribution in [3.63, 3.8) is 0 Å². The van der Waals surface area contributed by atoms with E-state index < -0.39 is 0 Å². The van der Waals surface area contributed by atoms with Crippen LogP contribution in [0.4, 0.5) is 10.2 Å². The van der Waals surface area contributed by atoms with Crippen LogP contribution in [0.15, 0.2) is 36.7 Å². The van der Waals surface area contributed by atoms with Gasteiger partial charge in [0, 0.05) is 13.1 Å². The molecule has 4 rings (SSSR count). The molecule has 7 heteroatoms. The van der Waals surface area contributed by atoms with Gasteiger partial charge >= 0.3 is 0 Å². The Morgan fingerprint density at radius 2 is 2.04 bits per heavy atom. The zero-order valence-corrected chi connectivity index (χ0v) is 13.3. The summed E-state index contributed by atoms with van der Waals surface area (Å²) in [4.78, 5) is 8.50. The molecule has 0 saturated heterocycles. The number of aromatic nitrogens is 5. The summed E-state index contributed by atoms with van der Waals surface area (Å²) in [5, 5.41) is 11.6. The van der Waals surface area contributed by atoms with Crippen LogP contribution in [0.1, 0.15) is 24.8 Å². The van der Waals surface area contributed by atoms with Gasteiger partial charge in [-0.25, -0.2) is 19.0 Å². The number of fused-ring (bicyclic) bond motifs is 1. The van der Waals surface area contributed by atoms with Crippen molar-refractivity contribution in [1.82, 2.24) is 25.0 Å². The average Bonchev–Trinajstić information content (AvgIpc) is 2.99. The largest absolute Gasteiger partial charge is 0.365 e. The summed E-state index contributed by atoms with van der Waals surface area (Å²) in [5.41, 5.74) is 3.76. The van der Waals surface area contributed by atoms with Crippen molar-refractivity contribution in [2.75, 3.05) is 5.32 Å². The van der Waals surface area contributed by atoms with Gasteiger partial charge in [0.25, 0.3) is 0 Å². The van der Waals surface area contributed by atoms with E-state index in [1.165, 1.54) is 24.0 Å². The monoisotopic (exact) mass is 324 g/mol. The lowest BCUT2D eigenvalue weighted by molar-refractivity contribution is 0.627. The first kappa shape index (κ1) is 14.7. The van der Waals surface area contributed by atoms with E-state index in [1.807, 2.05) is 19.2 Å². The van der Waals surface area contributed by atoms with Gasteiger partial charge in [-0.2, -0.15) is 0 Å². The van der Waals surface area contributed by atoms with E-state index >= 15 is 0 Å². The van der Waals surface area contributed by atoms with Crippen LogP contribution in [0.25, 0.3) is 16.7 Å². The normalized spacial score (nSPS) is 17.8. The number of hydrogen-bond donors (Lipinski definition) is 1. The smallest absolute Gasteiger partial charge is 0.183 e. The summed E-state index contributed by atoms with van der Waals surface area (Å²) in [7, 11) is 1.81. The maximum atomic E-state index is 13.0. The first-order valence-corrected chi connectivity index (χ1v) is 7.92. The highest BCUT2D eigenvalue weighted by Crippen LogP contribution is 2.29. The Kier molecular flexibility index (Phi) is 3.68. The summed E-state index contributed by atoms with van der Waals surface area (Å²) in [6.07, 6.45) is 6.55. The molecule has 0 fully saturated rings. The standard InChI is InChI=1S/C17H17FN6/c1-24-17-15(22-23-24)16(19-10-20-17)21-14-8-4-12(5-9-14)11-2-6-13(18)7-3-11/h2-4,6-7,10,14H,5,8-9H2,1H3,(H,19,20,21)/t14-/m1/s1. The lowest BCUT2D eigenvalue weighted by atomic mass is 9.91. The van der Waals surface area contributed by atoms with E-state index in [9.17, 15) is 4.39 Å². The van der Waals surface area contributed by atoms with Gasteiger partial charge in [-0.05, 0) is 42.5 Å². The maximum absolute atomic E-state index is 13.0. The zero-order chi connectivity index (χ0) is 16.5. The fourth-order valence-electron chi connectivity index (χ4n) is 3.04. The van der Waals surface area contributed by atoms with E-state index in [0.29, 0.717) is 11.2 Å². The molecule has 0 unspecified atom stereocenters. The number of hydrogen-bond acceptors (Lipinski definition) is 5. The molecule has 0 aliphatic heterocycles. The lowest BCUT2D eigenvalue weighted by Crippen LogP contribution is -2.22. The quantitative estimate of drug-likeness (QED) is 0.802. The van der Waals surface area contributed by atoms with Gasteiger partial charge in [0.1, 0.15) is 12.1 Å². The lowest BCUT2D eigenvalue weighted by Gasteiger charge is -2.23. The van der Waals surface area contributed by atoms with Crippen LogP contribution >= 0.6 is 0 Å². The van der Waals surface area contributed by atoms with Crippen LogP contribution in [-0.2, 0) is 7.05 Å². The summed E-state index contributed by atoms with van der Waals surface area (Å²) < 4.78 is 14.7. The molecule has 1 N–H and O–H groups in total. The minimum atomic E-state index is -0.202. The van der Waals surface area contributed by atoms with Gasteiger partial charge in [0.2, 0.25) is 0 Å². The second kappa shape index (κ2) is 5.99. The topological polar surface area (TPSA) is 68.5 Å². The van der Waals surface area contributed by atoms with Gasteiger partial charge in [-0.15, -0.1) is 5.10 Å². The highest BCUT2D eigenvalue weighted by molar-refractivity contribution is 5.82. The molecule has 6 nitrogen and oxygen atoms in total. The summed E-state index contributed by atoms with van der Waals surface area (Å²) >= 11 is 0. The number of nitrogens with zero attached hydrogens (tertiary/aromatic N) is 5. The summed E-state index contributed by atoms with van der Waals surface area (Å²) in [6.45, 7) is 0. The number of halogens is 1. The van der Waals surface area contributed by atoms with Crippen molar-refractivity contribution in [2.45, 2.75) is 25.3 Å². The minimum absolute atomic E-state index is 0.202. The van der Waals surface area contributed by atoms with Crippen molar-refractivity contribution in [2.24, 2.45) is 7.05 Å². The van der Waals surface area contributed by atoms with Crippen LogP contribution in [0.2, 0.25) is 0 Å². The molecule has 2 heterocycles. The Morgan fingerprint density at radius 1 is 1.21 bits per heavy atom. The zero-order valence-electron chi connectivity index (χ0n) is 13.3. The third-order valence-corrected chi connectivity index (χ3v) is 4.36. The number of allylic oxidation sites excluding steroid dienone is 1. The van der Waals surface area contributed by atoms with Crippen LogP contribution in [-0.4, -0.2) is 31.0 Å². The Balaban J connectivity index is 1.50. The van der Waals surface area contributed by atoms with Gasteiger partial charge in [-0.1, -0.05) is 23.4 Å². The fourth-order valence-corrected chi connectivity index (χ4v) is 3.04. The third kappa shape index (κ3) is 2.73. The molecule has 0 bridgehead atoms.